The van der Waals surface area contributed by atoms with Crippen LogP contribution in [0.4, 0.5) is 0 Å². The monoisotopic (exact) mass is 1140 g/mol. The van der Waals surface area contributed by atoms with Gasteiger partial charge in [-0.05, 0) is 70.6 Å². The molecule has 1 unspecified atom stereocenters. The number of ether oxygens (including phenoxy) is 3. The maximum Gasteiger partial charge on any atom is 0.306 e. The maximum absolute atomic E-state index is 13.0. The van der Waals surface area contributed by atoms with Gasteiger partial charge in [-0.15, -0.1) is 0 Å². The summed E-state index contributed by atoms with van der Waals surface area (Å²) in [6, 6.07) is 0. The highest BCUT2D eigenvalue weighted by Crippen LogP contribution is 2.19. The third-order valence-corrected chi connectivity index (χ3v) is 16.9. The quantitative estimate of drug-likeness (QED) is 0.0261. The summed E-state index contributed by atoms with van der Waals surface area (Å²) >= 11 is 0. The van der Waals surface area contributed by atoms with Gasteiger partial charge >= 0.3 is 17.9 Å². The van der Waals surface area contributed by atoms with E-state index in [1.54, 1.807) is 0 Å². The molecule has 0 rings (SSSR count). The molecule has 0 N–H and O–H groups in total. The summed E-state index contributed by atoms with van der Waals surface area (Å²) in [6.45, 7) is 6.72. The molecule has 0 bridgehead atoms. The molecule has 0 saturated carbocycles. The van der Waals surface area contributed by atoms with E-state index < -0.39 is 6.10 Å². The van der Waals surface area contributed by atoms with Gasteiger partial charge in [0.05, 0.1) is 0 Å². The summed E-state index contributed by atoms with van der Waals surface area (Å²) in [5, 5.41) is 0. The van der Waals surface area contributed by atoms with Gasteiger partial charge in [0.25, 0.3) is 0 Å². The van der Waals surface area contributed by atoms with E-state index in [0.29, 0.717) is 19.3 Å². The zero-order valence-corrected chi connectivity index (χ0v) is 55.1. The highest BCUT2D eigenvalue weighted by molar-refractivity contribution is 5.71. The van der Waals surface area contributed by atoms with Crippen molar-refractivity contribution in [1.82, 2.24) is 0 Å². The molecule has 0 saturated heterocycles. The predicted molar refractivity (Wildman–Crippen MR) is 353 cm³/mol. The third-order valence-electron chi connectivity index (χ3n) is 16.9. The van der Waals surface area contributed by atoms with Crippen molar-refractivity contribution < 1.29 is 28.6 Å². The van der Waals surface area contributed by atoms with Crippen molar-refractivity contribution in [2.45, 2.75) is 425 Å². The molecule has 0 radical (unpaired) electrons. The molecule has 0 spiro atoms. The minimum Gasteiger partial charge on any atom is -0.462 e. The Morgan fingerprint density at radius 2 is 0.407 bits per heavy atom. The topological polar surface area (TPSA) is 78.9 Å². The van der Waals surface area contributed by atoms with Crippen LogP contribution in [0.25, 0.3) is 0 Å². The van der Waals surface area contributed by atoms with Crippen LogP contribution in [0, 0.1) is 0 Å². The van der Waals surface area contributed by atoms with Gasteiger partial charge in [-0.3, -0.25) is 14.4 Å². The first kappa shape index (κ1) is 78.9. The van der Waals surface area contributed by atoms with E-state index in [1.807, 2.05) is 0 Å². The molecular weight excluding hydrogens is 997 g/mol. The van der Waals surface area contributed by atoms with Crippen LogP contribution < -0.4 is 0 Å². The Bertz CT molecular complexity index is 1310. The number of rotatable bonds is 69. The fraction of sp³-hybridized carbons (Fsp3) is 0.907. The van der Waals surface area contributed by atoms with Crippen LogP contribution in [0.15, 0.2) is 24.3 Å². The van der Waals surface area contributed by atoms with Crippen LogP contribution in [0.2, 0.25) is 0 Å². The molecule has 0 aromatic rings. The van der Waals surface area contributed by atoms with E-state index >= 15 is 0 Å². The number of allylic oxidation sites excluding steroid dienone is 4. The summed E-state index contributed by atoms with van der Waals surface area (Å²) in [5.74, 6) is -0.837. The molecule has 6 nitrogen and oxygen atoms in total. The van der Waals surface area contributed by atoms with Crippen molar-refractivity contribution in [3.05, 3.63) is 24.3 Å². The molecule has 81 heavy (non-hydrogen) atoms. The van der Waals surface area contributed by atoms with E-state index in [1.165, 1.54) is 321 Å². The second-order valence-electron chi connectivity index (χ2n) is 25.2. The lowest BCUT2D eigenvalue weighted by atomic mass is 10.0. The number of hydrogen-bond acceptors (Lipinski definition) is 6. The minimum atomic E-state index is -0.772. The van der Waals surface area contributed by atoms with E-state index in [0.717, 1.165) is 57.8 Å². The van der Waals surface area contributed by atoms with E-state index in [9.17, 15) is 14.4 Å². The molecule has 0 amide bonds. The average Bonchev–Trinajstić information content (AvgIpc) is 3.47. The van der Waals surface area contributed by atoms with Crippen molar-refractivity contribution >= 4 is 17.9 Å². The van der Waals surface area contributed by atoms with Gasteiger partial charge in [-0.1, -0.05) is 353 Å². The summed E-state index contributed by atoms with van der Waals surface area (Å²) in [4.78, 5) is 38.5. The SMILES string of the molecule is CCCCCCCC/C=C\CCCCCCCCCC(=O)OCC(COC(=O)CCCCCCCCCCCCC/C=C\CCCCCCCCCC)OC(=O)CCCCCCCCCCCCCCCCCCCCCCCCC. The molecule has 0 aromatic carbocycles. The van der Waals surface area contributed by atoms with Gasteiger partial charge in [-0.25, -0.2) is 0 Å². The smallest absolute Gasteiger partial charge is 0.306 e. The van der Waals surface area contributed by atoms with Gasteiger partial charge in [0.1, 0.15) is 13.2 Å². The van der Waals surface area contributed by atoms with Gasteiger partial charge in [0.2, 0.25) is 0 Å². The lowest BCUT2D eigenvalue weighted by molar-refractivity contribution is -0.167. The molecule has 0 fully saturated rings. The first-order valence-corrected chi connectivity index (χ1v) is 36.8. The Balaban J connectivity index is 4.28. The van der Waals surface area contributed by atoms with Crippen LogP contribution in [0.3, 0.4) is 0 Å². The molecule has 0 heterocycles. The second-order valence-corrected chi connectivity index (χ2v) is 25.2. The van der Waals surface area contributed by atoms with Crippen LogP contribution >= 0.6 is 0 Å². The Morgan fingerprint density at radius 1 is 0.235 bits per heavy atom. The largest absolute Gasteiger partial charge is 0.462 e. The zero-order chi connectivity index (χ0) is 58.5. The molecular formula is C75H142O6. The fourth-order valence-electron chi connectivity index (χ4n) is 11.4. The Labute approximate surface area is 506 Å². The first-order valence-electron chi connectivity index (χ1n) is 36.8. The van der Waals surface area contributed by atoms with Gasteiger partial charge in [0, 0.05) is 19.3 Å². The number of hydrogen-bond donors (Lipinski definition) is 0. The van der Waals surface area contributed by atoms with E-state index in [-0.39, 0.29) is 31.1 Å². The fourth-order valence-corrected chi connectivity index (χ4v) is 11.4. The van der Waals surface area contributed by atoms with Gasteiger partial charge in [-0.2, -0.15) is 0 Å². The lowest BCUT2D eigenvalue weighted by Crippen LogP contribution is -2.30. The average molecular weight is 1140 g/mol. The van der Waals surface area contributed by atoms with Crippen LogP contribution in [0.1, 0.15) is 419 Å². The number of carbonyl (C=O) groups excluding carboxylic acids is 3. The minimum absolute atomic E-state index is 0.0672. The van der Waals surface area contributed by atoms with Crippen molar-refractivity contribution in [3.63, 3.8) is 0 Å². The highest BCUT2D eigenvalue weighted by atomic mass is 16.6. The molecule has 0 aliphatic rings. The number of esters is 3. The van der Waals surface area contributed by atoms with E-state index in [2.05, 4.69) is 45.1 Å². The summed E-state index contributed by atoms with van der Waals surface area (Å²) in [6.07, 6.45) is 86.4. The maximum atomic E-state index is 13.0. The predicted octanol–water partition coefficient (Wildman–Crippen LogP) is 25.3. The Kier molecular flexibility index (Phi) is 68.5. The standard InChI is InChI=1S/C75H142O6/c1-4-7-10-13-16-19-22-25-28-31-33-35-37-39-41-44-47-50-53-56-59-62-65-68-74(77)80-71-72(70-79-73(76)67-64-61-58-55-52-49-46-43-30-27-24-21-18-15-12-9-6-3)81-75(78)69-66-63-60-57-54-51-48-45-42-40-38-36-34-32-29-26-23-20-17-14-11-8-5-2/h27,30-31,33,72H,4-26,28-29,32,34-71H2,1-3H3/b30-27-,33-31-. The van der Waals surface area contributed by atoms with Gasteiger partial charge in [0.15, 0.2) is 6.10 Å². The summed E-state index contributed by atoms with van der Waals surface area (Å²) in [7, 11) is 0. The van der Waals surface area contributed by atoms with Crippen LogP contribution in [-0.2, 0) is 28.6 Å². The van der Waals surface area contributed by atoms with Crippen LogP contribution in [0.5, 0.6) is 0 Å². The van der Waals surface area contributed by atoms with E-state index in [4.69, 9.17) is 14.2 Å². The molecule has 0 aromatic heterocycles. The zero-order valence-electron chi connectivity index (χ0n) is 55.1. The van der Waals surface area contributed by atoms with Crippen LogP contribution in [-0.4, -0.2) is 37.2 Å². The van der Waals surface area contributed by atoms with Crippen molar-refractivity contribution in [1.29, 1.82) is 0 Å². The second kappa shape index (κ2) is 70.4. The Hall–Kier alpha value is -2.11. The molecule has 0 aliphatic carbocycles. The third kappa shape index (κ3) is 68.6. The normalized spacial score (nSPS) is 12.1. The highest BCUT2D eigenvalue weighted by Gasteiger charge is 2.20. The van der Waals surface area contributed by atoms with Crippen molar-refractivity contribution in [2.24, 2.45) is 0 Å². The molecule has 478 valence electrons. The number of unbranched alkanes of at least 4 members (excludes halogenated alkanes) is 54. The van der Waals surface area contributed by atoms with Gasteiger partial charge < -0.3 is 14.2 Å². The van der Waals surface area contributed by atoms with Crippen molar-refractivity contribution in [2.75, 3.05) is 13.2 Å². The number of carbonyl (C=O) groups is 3. The molecule has 1 atom stereocenters. The van der Waals surface area contributed by atoms with Crippen molar-refractivity contribution in [3.8, 4) is 0 Å². The first-order chi connectivity index (χ1) is 40.0. The molecule has 6 heteroatoms. The Morgan fingerprint density at radius 3 is 0.617 bits per heavy atom. The molecule has 0 aliphatic heterocycles. The lowest BCUT2D eigenvalue weighted by Gasteiger charge is -2.18. The summed E-state index contributed by atoms with van der Waals surface area (Å²) < 4.78 is 17.0. The summed E-state index contributed by atoms with van der Waals surface area (Å²) in [5.41, 5.74) is 0.